The second-order valence-electron chi connectivity index (χ2n) is 5.53. The van der Waals surface area contributed by atoms with Gasteiger partial charge in [-0.2, -0.15) is 4.31 Å². The lowest BCUT2D eigenvalue weighted by molar-refractivity contribution is 0.424. The highest BCUT2D eigenvalue weighted by Crippen LogP contribution is 2.47. The van der Waals surface area contributed by atoms with Gasteiger partial charge in [0.05, 0.1) is 6.04 Å². The molecule has 1 aliphatic rings. The van der Waals surface area contributed by atoms with Crippen molar-refractivity contribution >= 4 is 21.4 Å². The molecular weight excluding hydrogens is 326 g/mol. The predicted octanol–water partition coefficient (Wildman–Crippen LogP) is 4.14. The Balaban J connectivity index is 1.89. The van der Waals surface area contributed by atoms with E-state index >= 15 is 0 Å². The minimum atomic E-state index is -3.51. The first-order valence-corrected chi connectivity index (χ1v) is 9.62. The van der Waals surface area contributed by atoms with Gasteiger partial charge in [-0.25, -0.2) is 8.42 Å². The van der Waals surface area contributed by atoms with Crippen molar-refractivity contribution < 1.29 is 8.42 Å². The SMILES string of the molecule is CN(C1c2ccccc2-c2ccccc21)S(=O)(=O)c1cccs1. The number of rotatable bonds is 3. The summed E-state index contributed by atoms with van der Waals surface area (Å²) >= 11 is 1.25. The second-order valence-corrected chi connectivity index (χ2v) is 8.70. The summed E-state index contributed by atoms with van der Waals surface area (Å²) in [4.78, 5) is 0. The summed E-state index contributed by atoms with van der Waals surface area (Å²) in [7, 11) is -1.85. The summed E-state index contributed by atoms with van der Waals surface area (Å²) in [6, 6.07) is 19.2. The quantitative estimate of drug-likeness (QED) is 0.718. The van der Waals surface area contributed by atoms with E-state index in [1.807, 2.05) is 36.4 Å². The Morgan fingerprint density at radius 2 is 1.43 bits per heavy atom. The largest absolute Gasteiger partial charge is 0.253 e. The van der Waals surface area contributed by atoms with Gasteiger partial charge in [0.1, 0.15) is 4.21 Å². The maximum atomic E-state index is 12.9. The molecule has 1 heterocycles. The summed E-state index contributed by atoms with van der Waals surface area (Å²) in [5.74, 6) is 0. The molecule has 0 bridgehead atoms. The van der Waals surface area contributed by atoms with Gasteiger partial charge in [-0.3, -0.25) is 0 Å². The molecule has 1 aromatic heterocycles. The van der Waals surface area contributed by atoms with E-state index in [1.54, 1.807) is 24.6 Å². The highest BCUT2D eigenvalue weighted by molar-refractivity contribution is 7.91. The first-order valence-electron chi connectivity index (χ1n) is 7.30. The van der Waals surface area contributed by atoms with Gasteiger partial charge >= 0.3 is 0 Å². The molecule has 3 aromatic rings. The van der Waals surface area contributed by atoms with Crippen molar-refractivity contribution in [1.29, 1.82) is 0 Å². The minimum absolute atomic E-state index is 0.283. The monoisotopic (exact) mass is 341 g/mol. The Kier molecular flexibility index (Phi) is 3.37. The van der Waals surface area contributed by atoms with Crippen LogP contribution in [0.1, 0.15) is 17.2 Å². The third kappa shape index (κ3) is 2.16. The second kappa shape index (κ2) is 5.30. The minimum Gasteiger partial charge on any atom is -0.206 e. The molecule has 0 amide bonds. The van der Waals surface area contributed by atoms with Crippen LogP contribution in [0.2, 0.25) is 0 Å². The number of sulfonamides is 1. The van der Waals surface area contributed by atoms with Gasteiger partial charge in [-0.15, -0.1) is 11.3 Å². The van der Waals surface area contributed by atoms with Crippen molar-refractivity contribution in [3.05, 3.63) is 77.2 Å². The Labute approximate surface area is 139 Å². The zero-order valence-corrected chi connectivity index (χ0v) is 14.1. The van der Waals surface area contributed by atoms with Crippen LogP contribution in [0.4, 0.5) is 0 Å². The third-order valence-electron chi connectivity index (χ3n) is 4.29. The summed E-state index contributed by atoms with van der Waals surface area (Å²) in [6.07, 6.45) is 0. The van der Waals surface area contributed by atoms with E-state index in [1.165, 1.54) is 15.6 Å². The van der Waals surface area contributed by atoms with E-state index in [9.17, 15) is 8.42 Å². The van der Waals surface area contributed by atoms with Crippen LogP contribution in [0.3, 0.4) is 0 Å². The number of benzene rings is 2. The van der Waals surface area contributed by atoms with Crippen molar-refractivity contribution in [2.45, 2.75) is 10.3 Å². The first-order chi connectivity index (χ1) is 11.1. The number of fused-ring (bicyclic) bond motifs is 3. The molecule has 23 heavy (non-hydrogen) atoms. The molecule has 0 atom stereocenters. The van der Waals surface area contributed by atoms with Crippen molar-refractivity contribution in [1.82, 2.24) is 4.31 Å². The van der Waals surface area contributed by atoms with E-state index < -0.39 is 10.0 Å². The van der Waals surface area contributed by atoms with Gasteiger partial charge in [-0.05, 0) is 33.7 Å². The predicted molar refractivity (Wildman–Crippen MR) is 93.0 cm³/mol. The van der Waals surface area contributed by atoms with Crippen LogP contribution >= 0.6 is 11.3 Å². The number of hydrogen-bond acceptors (Lipinski definition) is 3. The molecule has 5 heteroatoms. The highest BCUT2D eigenvalue weighted by Gasteiger charge is 2.37. The first kappa shape index (κ1) is 14.6. The van der Waals surface area contributed by atoms with Crippen LogP contribution < -0.4 is 0 Å². The lowest BCUT2D eigenvalue weighted by Gasteiger charge is -2.25. The standard InChI is InChI=1S/C18H15NO2S2/c1-19(23(20,21)17-11-6-12-22-17)18-15-9-4-2-7-13(15)14-8-3-5-10-16(14)18/h2-12,18H,1H3. The molecule has 0 spiro atoms. The normalized spacial score (nSPS) is 14.0. The van der Waals surface area contributed by atoms with Gasteiger partial charge in [0.2, 0.25) is 0 Å². The molecular formula is C18H15NO2S2. The maximum absolute atomic E-state index is 12.9. The highest BCUT2D eigenvalue weighted by atomic mass is 32.2. The third-order valence-corrected chi connectivity index (χ3v) is 7.49. The Bertz CT molecular complexity index is 917. The smallest absolute Gasteiger partial charge is 0.206 e. The van der Waals surface area contributed by atoms with Crippen LogP contribution in [-0.2, 0) is 10.0 Å². The molecule has 0 saturated carbocycles. The lowest BCUT2D eigenvalue weighted by Crippen LogP contribution is -2.30. The summed E-state index contributed by atoms with van der Waals surface area (Å²) in [5, 5.41) is 1.79. The molecule has 3 nitrogen and oxygen atoms in total. The molecule has 116 valence electrons. The van der Waals surface area contributed by atoms with E-state index in [2.05, 4.69) is 12.1 Å². The summed E-state index contributed by atoms with van der Waals surface area (Å²) < 4.78 is 27.7. The van der Waals surface area contributed by atoms with Crippen molar-refractivity contribution in [3.8, 4) is 11.1 Å². The number of nitrogens with zero attached hydrogens (tertiary/aromatic N) is 1. The van der Waals surface area contributed by atoms with E-state index in [0.29, 0.717) is 4.21 Å². The molecule has 0 aliphatic heterocycles. The van der Waals surface area contributed by atoms with Gasteiger partial charge in [-0.1, -0.05) is 54.6 Å². The average molecular weight is 341 g/mol. The maximum Gasteiger partial charge on any atom is 0.253 e. The fraction of sp³-hybridized carbons (Fsp3) is 0.111. The molecule has 0 N–H and O–H groups in total. The fourth-order valence-corrected chi connectivity index (χ4v) is 5.70. The Morgan fingerprint density at radius 3 is 1.96 bits per heavy atom. The summed E-state index contributed by atoms with van der Waals surface area (Å²) in [6.45, 7) is 0. The molecule has 0 radical (unpaired) electrons. The molecule has 4 rings (SSSR count). The van der Waals surface area contributed by atoms with Crippen molar-refractivity contribution in [2.24, 2.45) is 0 Å². The fourth-order valence-electron chi connectivity index (χ4n) is 3.21. The van der Waals surface area contributed by atoms with Gasteiger partial charge in [0.15, 0.2) is 0 Å². The van der Waals surface area contributed by atoms with Crippen LogP contribution in [-0.4, -0.2) is 19.8 Å². The van der Waals surface area contributed by atoms with Crippen LogP contribution in [0.5, 0.6) is 0 Å². The van der Waals surface area contributed by atoms with Gasteiger partial charge in [0.25, 0.3) is 10.0 Å². The zero-order valence-electron chi connectivity index (χ0n) is 12.5. The number of hydrogen-bond donors (Lipinski definition) is 0. The lowest BCUT2D eigenvalue weighted by atomic mass is 10.1. The summed E-state index contributed by atoms with van der Waals surface area (Å²) in [5.41, 5.74) is 4.30. The zero-order chi connectivity index (χ0) is 16.0. The van der Waals surface area contributed by atoms with E-state index in [4.69, 9.17) is 0 Å². The van der Waals surface area contributed by atoms with E-state index in [-0.39, 0.29) is 6.04 Å². The molecule has 0 fully saturated rings. The number of thiophene rings is 1. The Hall–Kier alpha value is -1.95. The Morgan fingerprint density at radius 1 is 0.870 bits per heavy atom. The molecule has 0 saturated heterocycles. The average Bonchev–Trinajstić information content (AvgIpc) is 3.21. The van der Waals surface area contributed by atoms with Crippen LogP contribution in [0.25, 0.3) is 11.1 Å². The van der Waals surface area contributed by atoms with E-state index in [0.717, 1.165) is 22.3 Å². The molecule has 2 aromatic carbocycles. The van der Waals surface area contributed by atoms with Gasteiger partial charge in [0, 0.05) is 7.05 Å². The van der Waals surface area contributed by atoms with Crippen LogP contribution in [0, 0.1) is 0 Å². The van der Waals surface area contributed by atoms with Crippen molar-refractivity contribution in [3.63, 3.8) is 0 Å². The molecule has 0 unspecified atom stereocenters. The van der Waals surface area contributed by atoms with Gasteiger partial charge < -0.3 is 0 Å². The topological polar surface area (TPSA) is 37.4 Å². The van der Waals surface area contributed by atoms with Crippen molar-refractivity contribution in [2.75, 3.05) is 7.05 Å². The van der Waals surface area contributed by atoms with Crippen LogP contribution in [0.15, 0.2) is 70.3 Å². The molecule has 1 aliphatic carbocycles.